The number of carbonyl (C=O) groups excluding carboxylic acids is 1. The molecule has 0 fully saturated rings. The molecule has 0 unspecified atom stereocenters. The SMILES string of the molecule is Cc1cc(/C=C/C(=O)c2c(O)cc(OCc3ccccc3)cc2OCc2ccccc2)cc(OCc2ccccc2)c1C. The van der Waals surface area contributed by atoms with Crippen molar-refractivity contribution in [2.45, 2.75) is 33.7 Å². The van der Waals surface area contributed by atoms with E-state index in [1.54, 1.807) is 12.1 Å². The van der Waals surface area contributed by atoms with Gasteiger partial charge in [0.15, 0.2) is 5.78 Å². The van der Waals surface area contributed by atoms with Crippen LogP contribution >= 0.6 is 0 Å². The van der Waals surface area contributed by atoms with Crippen LogP contribution in [-0.4, -0.2) is 10.9 Å². The molecule has 0 aliphatic rings. The number of aromatic hydroxyl groups is 1. The van der Waals surface area contributed by atoms with Gasteiger partial charge < -0.3 is 19.3 Å². The number of ketones is 1. The zero-order valence-electron chi connectivity index (χ0n) is 24.3. The van der Waals surface area contributed by atoms with E-state index in [1.165, 1.54) is 12.1 Å². The largest absolute Gasteiger partial charge is 0.507 e. The van der Waals surface area contributed by atoms with E-state index in [4.69, 9.17) is 14.2 Å². The summed E-state index contributed by atoms with van der Waals surface area (Å²) in [7, 11) is 0. The summed E-state index contributed by atoms with van der Waals surface area (Å²) in [4.78, 5) is 13.5. The zero-order valence-corrected chi connectivity index (χ0v) is 24.3. The number of aryl methyl sites for hydroxylation is 1. The van der Waals surface area contributed by atoms with Crippen LogP contribution in [0.2, 0.25) is 0 Å². The minimum Gasteiger partial charge on any atom is -0.507 e. The van der Waals surface area contributed by atoms with Gasteiger partial charge in [0.2, 0.25) is 0 Å². The number of carbonyl (C=O) groups is 1. The third-order valence-electron chi connectivity index (χ3n) is 7.09. The predicted molar refractivity (Wildman–Crippen MR) is 170 cm³/mol. The van der Waals surface area contributed by atoms with Crippen molar-refractivity contribution in [2.24, 2.45) is 0 Å². The standard InChI is InChI=1S/C38H34O5/c1-27-20-32(21-36(28(27)2)42-25-30-14-8-4-9-15-30)18-19-34(39)38-35(40)22-33(41-24-29-12-6-3-7-13-29)23-37(38)43-26-31-16-10-5-11-17-31/h3-23,40H,24-26H2,1-2H3/b19-18+. The van der Waals surface area contributed by atoms with Crippen LogP contribution in [-0.2, 0) is 19.8 Å². The predicted octanol–water partition coefficient (Wildman–Crippen LogP) is 8.64. The Morgan fingerprint density at radius 2 is 1.16 bits per heavy atom. The minimum absolute atomic E-state index is 0.0728. The van der Waals surface area contributed by atoms with Crippen LogP contribution in [0.25, 0.3) is 6.08 Å². The van der Waals surface area contributed by atoms with Crippen molar-refractivity contribution in [3.63, 3.8) is 0 Å². The molecule has 0 heterocycles. The van der Waals surface area contributed by atoms with E-state index in [2.05, 4.69) is 0 Å². The van der Waals surface area contributed by atoms with Gasteiger partial charge in [-0.1, -0.05) is 103 Å². The summed E-state index contributed by atoms with van der Waals surface area (Å²) < 4.78 is 18.1. The number of phenolic OH excluding ortho intramolecular Hbond substituents is 1. The lowest BCUT2D eigenvalue weighted by molar-refractivity contribution is 0.104. The molecule has 0 saturated heterocycles. The smallest absolute Gasteiger partial charge is 0.193 e. The maximum absolute atomic E-state index is 13.5. The second kappa shape index (κ2) is 14.1. The quantitative estimate of drug-likeness (QED) is 0.120. The van der Waals surface area contributed by atoms with Gasteiger partial charge in [-0.15, -0.1) is 0 Å². The van der Waals surface area contributed by atoms with E-state index < -0.39 is 0 Å². The van der Waals surface area contributed by atoms with Gasteiger partial charge in [0, 0.05) is 12.1 Å². The highest BCUT2D eigenvalue weighted by Crippen LogP contribution is 2.35. The van der Waals surface area contributed by atoms with Gasteiger partial charge in [-0.2, -0.15) is 0 Å². The van der Waals surface area contributed by atoms with Gasteiger partial charge in [0.25, 0.3) is 0 Å². The van der Waals surface area contributed by atoms with Crippen molar-refractivity contribution in [1.29, 1.82) is 0 Å². The normalized spacial score (nSPS) is 10.9. The Morgan fingerprint density at radius 3 is 1.72 bits per heavy atom. The second-order valence-electron chi connectivity index (χ2n) is 10.3. The first kappa shape index (κ1) is 29.2. The molecule has 216 valence electrons. The fraction of sp³-hybridized carbons (Fsp3) is 0.132. The summed E-state index contributed by atoms with van der Waals surface area (Å²) in [6, 6.07) is 36.4. The highest BCUT2D eigenvalue weighted by Gasteiger charge is 2.19. The van der Waals surface area contributed by atoms with E-state index >= 15 is 0 Å². The van der Waals surface area contributed by atoms with Crippen molar-refractivity contribution in [3.8, 4) is 23.0 Å². The van der Waals surface area contributed by atoms with Crippen LogP contribution in [0.5, 0.6) is 23.0 Å². The summed E-state index contributed by atoms with van der Waals surface area (Å²) in [5, 5.41) is 11.0. The lowest BCUT2D eigenvalue weighted by atomic mass is 10.0. The molecule has 0 spiro atoms. The van der Waals surface area contributed by atoms with Crippen LogP contribution in [0.3, 0.4) is 0 Å². The molecular formula is C38H34O5. The molecule has 5 aromatic carbocycles. The number of phenols is 1. The molecule has 0 atom stereocenters. The highest BCUT2D eigenvalue weighted by molar-refractivity contribution is 6.10. The topological polar surface area (TPSA) is 65.0 Å². The minimum atomic E-state index is -0.389. The molecule has 5 nitrogen and oxygen atoms in total. The molecule has 5 heteroatoms. The van der Waals surface area contributed by atoms with Crippen LogP contribution in [0.4, 0.5) is 0 Å². The maximum atomic E-state index is 13.5. The van der Waals surface area contributed by atoms with E-state index in [-0.39, 0.29) is 29.5 Å². The van der Waals surface area contributed by atoms with Crippen molar-refractivity contribution in [3.05, 3.63) is 160 Å². The molecule has 0 aliphatic carbocycles. The number of rotatable bonds is 12. The molecule has 0 amide bonds. The Balaban J connectivity index is 1.38. The average molecular weight is 571 g/mol. The Labute approximate surface area is 252 Å². The summed E-state index contributed by atoms with van der Waals surface area (Å²) in [6.45, 7) is 5.02. The van der Waals surface area contributed by atoms with Crippen molar-refractivity contribution in [2.75, 3.05) is 0 Å². The molecule has 5 rings (SSSR count). The summed E-state index contributed by atoms with van der Waals surface area (Å²) in [5.41, 5.74) is 5.97. The summed E-state index contributed by atoms with van der Waals surface area (Å²) >= 11 is 0. The first-order chi connectivity index (χ1) is 21.0. The summed E-state index contributed by atoms with van der Waals surface area (Å²) in [5.74, 6) is 0.800. The maximum Gasteiger partial charge on any atom is 0.193 e. The van der Waals surface area contributed by atoms with Gasteiger partial charge in [0.05, 0.1) is 0 Å². The number of hydrogen-bond acceptors (Lipinski definition) is 5. The average Bonchev–Trinajstić information content (AvgIpc) is 3.04. The Bertz CT molecular complexity index is 1690. The number of ether oxygens (including phenoxy) is 3. The van der Waals surface area contributed by atoms with E-state index in [9.17, 15) is 9.90 Å². The molecular weight excluding hydrogens is 536 g/mol. The van der Waals surface area contributed by atoms with E-state index in [0.717, 1.165) is 39.1 Å². The first-order valence-electron chi connectivity index (χ1n) is 14.2. The van der Waals surface area contributed by atoms with Gasteiger partial charge in [-0.05, 0) is 59.4 Å². The van der Waals surface area contributed by atoms with Gasteiger partial charge in [-0.25, -0.2) is 0 Å². The number of allylic oxidation sites excluding steroid dienone is 1. The Kier molecular flexibility index (Phi) is 9.55. The molecule has 0 saturated carbocycles. The van der Waals surface area contributed by atoms with Crippen molar-refractivity contribution in [1.82, 2.24) is 0 Å². The zero-order chi connectivity index (χ0) is 30.0. The molecule has 0 aromatic heterocycles. The molecule has 43 heavy (non-hydrogen) atoms. The Hall–Kier alpha value is -5.29. The molecule has 5 aromatic rings. The van der Waals surface area contributed by atoms with Crippen molar-refractivity contribution < 1.29 is 24.1 Å². The van der Waals surface area contributed by atoms with Gasteiger partial charge in [0.1, 0.15) is 48.4 Å². The Morgan fingerprint density at radius 1 is 0.651 bits per heavy atom. The fourth-order valence-corrected chi connectivity index (χ4v) is 4.59. The van der Waals surface area contributed by atoms with Gasteiger partial charge in [-0.3, -0.25) is 4.79 Å². The fourth-order valence-electron chi connectivity index (χ4n) is 4.59. The lowest BCUT2D eigenvalue weighted by Gasteiger charge is -2.15. The van der Waals surface area contributed by atoms with E-state index in [1.807, 2.05) is 117 Å². The molecule has 1 N–H and O–H groups in total. The van der Waals surface area contributed by atoms with Crippen LogP contribution in [0.1, 0.15) is 43.7 Å². The van der Waals surface area contributed by atoms with Gasteiger partial charge >= 0.3 is 0 Å². The number of hydrogen-bond donors (Lipinski definition) is 1. The lowest BCUT2D eigenvalue weighted by Crippen LogP contribution is -2.04. The van der Waals surface area contributed by atoms with Crippen molar-refractivity contribution >= 4 is 11.9 Å². The molecule has 0 bridgehead atoms. The van der Waals surface area contributed by atoms with E-state index in [0.29, 0.717) is 19.0 Å². The van der Waals surface area contributed by atoms with Crippen LogP contribution in [0, 0.1) is 13.8 Å². The van der Waals surface area contributed by atoms with Crippen LogP contribution < -0.4 is 14.2 Å². The van der Waals surface area contributed by atoms with Crippen LogP contribution in [0.15, 0.2) is 121 Å². The monoisotopic (exact) mass is 570 g/mol. The molecule has 0 radical (unpaired) electrons. The molecule has 0 aliphatic heterocycles. The number of benzene rings is 5. The summed E-state index contributed by atoms with van der Waals surface area (Å²) in [6.07, 6.45) is 3.17. The second-order valence-corrected chi connectivity index (χ2v) is 10.3. The third-order valence-corrected chi connectivity index (χ3v) is 7.09. The third kappa shape index (κ3) is 7.92. The highest BCUT2D eigenvalue weighted by atomic mass is 16.5. The first-order valence-corrected chi connectivity index (χ1v) is 14.2.